The molecule has 2 aromatic carbocycles. The largest absolute Gasteiger partial charge is 0.481 e. The van der Waals surface area contributed by atoms with Crippen LogP contribution in [0.25, 0.3) is 0 Å². The Morgan fingerprint density at radius 2 is 1.48 bits per heavy atom. The van der Waals surface area contributed by atoms with E-state index < -0.39 is 23.5 Å². The lowest BCUT2D eigenvalue weighted by Crippen LogP contribution is -2.67. The predicted octanol–water partition coefficient (Wildman–Crippen LogP) is 12.4. The summed E-state index contributed by atoms with van der Waals surface area (Å²) in [6, 6.07) is 13.5. The molecule has 4 fully saturated rings. The summed E-state index contributed by atoms with van der Waals surface area (Å²) in [6.45, 7) is 20.0. The van der Waals surface area contributed by atoms with Crippen LogP contribution in [-0.4, -0.2) is 35.2 Å². The number of ether oxygens (including phenoxy) is 2. The molecule has 0 bridgehead atoms. The summed E-state index contributed by atoms with van der Waals surface area (Å²) in [5, 5.41) is 12.4. The smallest absolute Gasteiger partial charge is 0.333 e. The van der Waals surface area contributed by atoms with E-state index in [1.54, 1.807) is 13.0 Å². The number of halogens is 2. The molecular formula is C50H64Cl2O6. The third kappa shape index (κ3) is 6.79. The molecule has 5 aliphatic carbocycles. The van der Waals surface area contributed by atoms with Gasteiger partial charge in [0, 0.05) is 33.4 Å². The zero-order chi connectivity index (χ0) is 42.2. The molecule has 5 aliphatic rings. The van der Waals surface area contributed by atoms with Crippen LogP contribution in [0.15, 0.2) is 65.8 Å². The summed E-state index contributed by atoms with van der Waals surface area (Å²) in [7, 11) is 0. The van der Waals surface area contributed by atoms with Crippen LogP contribution in [0.2, 0.25) is 10.0 Å². The fourth-order valence-electron chi connectivity index (χ4n) is 13.6. The highest BCUT2D eigenvalue weighted by Crippen LogP contribution is 2.76. The number of rotatable bonds is 8. The Morgan fingerprint density at radius 3 is 2.14 bits per heavy atom. The number of allylic oxidation sites excluding steroid dienone is 3. The van der Waals surface area contributed by atoms with Gasteiger partial charge >= 0.3 is 17.9 Å². The van der Waals surface area contributed by atoms with E-state index >= 15 is 0 Å². The summed E-state index contributed by atoms with van der Waals surface area (Å²) in [6.07, 6.45) is 11.3. The van der Waals surface area contributed by atoms with Gasteiger partial charge in [0.25, 0.3) is 0 Å². The van der Waals surface area contributed by atoms with Gasteiger partial charge in [0.05, 0.1) is 6.42 Å². The second kappa shape index (κ2) is 15.1. The molecule has 314 valence electrons. The minimum atomic E-state index is -1.15. The van der Waals surface area contributed by atoms with Crippen LogP contribution in [0.1, 0.15) is 137 Å². The van der Waals surface area contributed by atoms with E-state index in [2.05, 4.69) is 54.5 Å². The fourth-order valence-corrected chi connectivity index (χ4v) is 14.2. The van der Waals surface area contributed by atoms with Crippen molar-refractivity contribution in [1.29, 1.82) is 0 Å². The average Bonchev–Trinajstić information content (AvgIpc) is 3.14. The van der Waals surface area contributed by atoms with Crippen LogP contribution in [0.4, 0.5) is 0 Å². The van der Waals surface area contributed by atoms with E-state index in [4.69, 9.17) is 32.7 Å². The number of esters is 2. The second-order valence-corrected chi connectivity index (χ2v) is 21.6. The van der Waals surface area contributed by atoms with Crippen LogP contribution >= 0.6 is 23.2 Å². The van der Waals surface area contributed by atoms with Crippen LogP contribution < -0.4 is 0 Å². The third-order valence-corrected chi connectivity index (χ3v) is 17.8. The van der Waals surface area contributed by atoms with E-state index in [-0.39, 0.29) is 51.5 Å². The number of carboxylic acids is 1. The maximum absolute atomic E-state index is 13.8. The number of carboxylic acid groups (broad SMARTS) is 1. The Hall–Kier alpha value is -3.09. The van der Waals surface area contributed by atoms with Crippen molar-refractivity contribution < 1.29 is 29.0 Å². The number of benzene rings is 2. The molecule has 8 heteroatoms. The molecule has 0 heterocycles. The minimum Gasteiger partial charge on any atom is -0.481 e. The number of fused-ring (bicyclic) bond motifs is 7. The molecule has 1 N–H and O–H groups in total. The van der Waals surface area contributed by atoms with Crippen molar-refractivity contribution >= 4 is 41.1 Å². The average molecular weight is 832 g/mol. The van der Waals surface area contributed by atoms with Gasteiger partial charge in [0.2, 0.25) is 0 Å². The van der Waals surface area contributed by atoms with Crippen molar-refractivity contribution in [3.63, 3.8) is 0 Å². The molecule has 6 nitrogen and oxygen atoms in total. The lowest BCUT2D eigenvalue weighted by molar-refractivity contribution is -0.220. The summed E-state index contributed by atoms with van der Waals surface area (Å²) < 4.78 is 12.7. The molecule has 0 saturated heterocycles. The van der Waals surface area contributed by atoms with E-state index in [0.717, 1.165) is 61.6 Å². The first-order chi connectivity index (χ1) is 27.1. The zero-order valence-electron chi connectivity index (χ0n) is 36.1. The first kappa shape index (κ1) is 43.0. The summed E-state index contributed by atoms with van der Waals surface area (Å²) in [4.78, 5) is 40.7. The Kier molecular flexibility index (Phi) is 11.2. The first-order valence-corrected chi connectivity index (χ1v) is 22.4. The second-order valence-electron chi connectivity index (χ2n) is 20.8. The predicted molar refractivity (Wildman–Crippen MR) is 231 cm³/mol. The van der Waals surface area contributed by atoms with Crippen LogP contribution in [0.3, 0.4) is 0 Å². The van der Waals surface area contributed by atoms with Gasteiger partial charge in [0.1, 0.15) is 17.6 Å². The van der Waals surface area contributed by atoms with Gasteiger partial charge in [-0.05, 0) is 134 Å². The maximum Gasteiger partial charge on any atom is 0.333 e. The Balaban J connectivity index is 1.13. The molecule has 0 aromatic heterocycles. The van der Waals surface area contributed by atoms with Gasteiger partial charge in [0.15, 0.2) is 0 Å². The van der Waals surface area contributed by atoms with Crippen molar-refractivity contribution in [1.82, 2.24) is 0 Å². The fraction of sp³-hybridized carbons (Fsp3) is 0.620. The summed E-state index contributed by atoms with van der Waals surface area (Å²) in [5.41, 5.74) is 2.78. The van der Waals surface area contributed by atoms with E-state index in [0.29, 0.717) is 46.7 Å². The van der Waals surface area contributed by atoms with Crippen molar-refractivity contribution in [3.05, 3.63) is 92.5 Å². The number of hydrogen-bond acceptors (Lipinski definition) is 5. The molecule has 2 aromatic rings. The Morgan fingerprint density at radius 1 is 0.810 bits per heavy atom. The zero-order valence-corrected chi connectivity index (χ0v) is 37.6. The summed E-state index contributed by atoms with van der Waals surface area (Å²) in [5.74, 6) is -0.919. The molecule has 0 unspecified atom stereocenters. The normalized spacial score (nSPS) is 36.2. The standard InChI is InChI=1S/C50H64Cl2O6/c1-10-30(2)43(54)58-41-29-45(3,4)28-35-34-18-19-39-47(7)22-21-40(46(5,6)38(47)20-23-49(39,9)48(34,8)24-25-50(35,41)44(55)56)57-42(53)27-32-15-12-11-14-31(32)26-33-36(51)16-13-17-37(33)52/h10-18,35,38-41H,19-29H2,1-9H3,(H,55,56)/b30-10+/t35-,38-,39+,40-,41+,47-,48+,49+,50-/m0/s1. The number of aliphatic carboxylic acids is 1. The molecule has 0 amide bonds. The number of carbonyl (C=O) groups excluding carboxylic acids is 2. The molecule has 4 saturated carbocycles. The highest BCUT2D eigenvalue weighted by Gasteiger charge is 2.71. The van der Waals surface area contributed by atoms with E-state index in [1.807, 2.05) is 49.4 Å². The highest BCUT2D eigenvalue weighted by molar-refractivity contribution is 6.36. The minimum absolute atomic E-state index is 0.0144. The van der Waals surface area contributed by atoms with Crippen molar-refractivity contribution in [3.8, 4) is 0 Å². The molecular weight excluding hydrogens is 767 g/mol. The van der Waals surface area contributed by atoms with Crippen LogP contribution in [-0.2, 0) is 36.7 Å². The number of hydrogen-bond donors (Lipinski definition) is 1. The Bertz CT molecular complexity index is 2030. The monoisotopic (exact) mass is 830 g/mol. The van der Waals surface area contributed by atoms with Crippen LogP contribution in [0, 0.1) is 50.2 Å². The molecule has 0 spiro atoms. The van der Waals surface area contributed by atoms with Crippen molar-refractivity contribution in [2.24, 2.45) is 50.2 Å². The van der Waals surface area contributed by atoms with Crippen LogP contribution in [0.5, 0.6) is 0 Å². The molecule has 0 radical (unpaired) electrons. The van der Waals surface area contributed by atoms with Gasteiger partial charge in [-0.1, -0.05) is 120 Å². The van der Waals surface area contributed by atoms with Gasteiger partial charge in [-0.3, -0.25) is 9.59 Å². The molecule has 9 atom stereocenters. The van der Waals surface area contributed by atoms with Gasteiger partial charge < -0.3 is 14.6 Å². The van der Waals surface area contributed by atoms with E-state index in [9.17, 15) is 19.5 Å². The van der Waals surface area contributed by atoms with Gasteiger partial charge in [-0.15, -0.1) is 0 Å². The van der Waals surface area contributed by atoms with E-state index in [1.165, 1.54) is 5.57 Å². The number of carbonyl (C=O) groups is 3. The molecule has 58 heavy (non-hydrogen) atoms. The summed E-state index contributed by atoms with van der Waals surface area (Å²) >= 11 is 13.1. The lowest BCUT2D eigenvalue weighted by Gasteiger charge is -2.71. The molecule has 0 aliphatic heterocycles. The maximum atomic E-state index is 13.8. The molecule has 7 rings (SSSR count). The topological polar surface area (TPSA) is 89.9 Å². The van der Waals surface area contributed by atoms with Crippen molar-refractivity contribution in [2.75, 3.05) is 0 Å². The van der Waals surface area contributed by atoms with Gasteiger partial charge in [-0.25, -0.2) is 4.79 Å². The van der Waals surface area contributed by atoms with Gasteiger partial charge in [-0.2, -0.15) is 0 Å². The highest BCUT2D eigenvalue weighted by atomic mass is 35.5. The SMILES string of the molecule is C/C=C(\C)C(=O)O[C@@H]1CC(C)(C)C[C@H]2C3=CC[C@@H]4[C@@]5(C)CC[C@H](OC(=O)Cc6ccccc6Cc6c(Cl)cccc6Cl)C(C)(C)[C@@H]5CC[C@@]4(C)[C@]3(C)CC[C@@]12C(=O)O. The quantitative estimate of drug-likeness (QED) is 0.162. The lowest BCUT2D eigenvalue weighted by atomic mass is 9.33. The first-order valence-electron chi connectivity index (χ1n) is 21.6. The third-order valence-electron chi connectivity index (χ3n) is 17.1. The Labute approximate surface area is 356 Å². The van der Waals surface area contributed by atoms with Crippen molar-refractivity contribution in [2.45, 2.75) is 145 Å².